The second kappa shape index (κ2) is 5.85. The lowest BCUT2D eigenvalue weighted by Gasteiger charge is -2.05. The van der Waals surface area contributed by atoms with Gasteiger partial charge in [-0.1, -0.05) is 29.3 Å². The third kappa shape index (κ3) is 3.82. The third-order valence-corrected chi connectivity index (χ3v) is 3.84. The first-order chi connectivity index (χ1) is 8.52. The molecule has 2 rings (SSSR count). The average Bonchev–Trinajstić information content (AvgIpc) is 2.23. The van der Waals surface area contributed by atoms with E-state index < -0.39 is 0 Å². The molecule has 4 heteroatoms. The van der Waals surface area contributed by atoms with Crippen molar-refractivity contribution in [1.29, 1.82) is 0 Å². The van der Waals surface area contributed by atoms with Crippen LogP contribution in [0.2, 0.25) is 0 Å². The molecule has 1 heterocycles. The van der Waals surface area contributed by atoms with Crippen LogP contribution in [0.5, 0.6) is 0 Å². The zero-order valence-electron chi connectivity index (χ0n) is 10.7. The molecule has 0 radical (unpaired) electrons. The van der Waals surface area contributed by atoms with Crippen molar-refractivity contribution in [3.05, 3.63) is 51.4 Å². The van der Waals surface area contributed by atoms with Gasteiger partial charge in [0.15, 0.2) is 0 Å². The lowest BCUT2D eigenvalue weighted by molar-refractivity contribution is 0.950. The molecule has 0 aliphatic rings. The summed E-state index contributed by atoms with van der Waals surface area (Å²) in [5, 5.41) is 1.01. The summed E-state index contributed by atoms with van der Waals surface area (Å²) in [6.07, 6.45) is 0. The van der Waals surface area contributed by atoms with Crippen molar-refractivity contribution in [2.75, 3.05) is 0 Å². The summed E-state index contributed by atoms with van der Waals surface area (Å²) < 4.78 is 0.845. The second-order valence-electron chi connectivity index (χ2n) is 4.36. The van der Waals surface area contributed by atoms with E-state index in [9.17, 15) is 0 Å². The monoisotopic (exact) mass is 322 g/mol. The Balaban J connectivity index is 2.11. The molecule has 0 amide bonds. The summed E-state index contributed by atoms with van der Waals surface area (Å²) in [7, 11) is 0. The molecule has 0 bridgehead atoms. The Morgan fingerprint density at radius 2 is 1.67 bits per heavy atom. The van der Waals surface area contributed by atoms with Crippen LogP contribution < -0.4 is 0 Å². The lowest BCUT2D eigenvalue weighted by Crippen LogP contribution is -1.91. The topological polar surface area (TPSA) is 25.8 Å². The maximum absolute atomic E-state index is 4.42. The van der Waals surface area contributed by atoms with Crippen LogP contribution in [0.1, 0.15) is 22.5 Å². The van der Waals surface area contributed by atoms with Gasteiger partial charge in [0.1, 0.15) is 15.5 Å². The molecule has 0 saturated heterocycles. The molecule has 0 atom stereocenters. The van der Waals surface area contributed by atoms with Crippen LogP contribution in [0.25, 0.3) is 0 Å². The number of hydrogen-bond acceptors (Lipinski definition) is 3. The van der Waals surface area contributed by atoms with Crippen molar-refractivity contribution in [2.45, 2.75) is 31.6 Å². The normalized spacial score (nSPS) is 10.7. The summed E-state index contributed by atoms with van der Waals surface area (Å²) in [4.78, 5) is 8.63. The minimum atomic E-state index is 0.798. The molecule has 1 aromatic carbocycles. The molecule has 0 saturated carbocycles. The maximum atomic E-state index is 4.42. The van der Waals surface area contributed by atoms with E-state index in [0.29, 0.717) is 0 Å². The number of halogens is 1. The van der Waals surface area contributed by atoms with Gasteiger partial charge >= 0.3 is 0 Å². The smallest absolute Gasteiger partial charge is 0.127 e. The lowest BCUT2D eigenvalue weighted by atomic mass is 10.1. The molecule has 0 unspecified atom stereocenters. The van der Waals surface area contributed by atoms with Crippen molar-refractivity contribution >= 4 is 27.7 Å². The molecule has 0 aliphatic carbocycles. The van der Waals surface area contributed by atoms with E-state index in [0.717, 1.165) is 21.2 Å². The Bertz CT molecular complexity index is 478. The first-order valence-electron chi connectivity index (χ1n) is 5.74. The first-order valence-corrected chi connectivity index (χ1v) is 7.52. The van der Waals surface area contributed by atoms with Crippen LogP contribution in [0.3, 0.4) is 0 Å². The fourth-order valence-electron chi connectivity index (χ4n) is 1.89. The van der Waals surface area contributed by atoms with Gasteiger partial charge in [-0.05, 0) is 42.3 Å². The van der Waals surface area contributed by atoms with Crippen LogP contribution in [0, 0.1) is 20.8 Å². The first kappa shape index (κ1) is 13.6. The van der Waals surface area contributed by atoms with Crippen molar-refractivity contribution in [1.82, 2.24) is 9.97 Å². The summed E-state index contributed by atoms with van der Waals surface area (Å²) >= 11 is 5.14. The Morgan fingerprint density at radius 1 is 1.00 bits per heavy atom. The standard InChI is InChI=1S/C14H15BrN2S/c1-9-4-10(2)6-12(5-9)8-18-14-7-13(15)16-11(3)17-14/h4-7H,8H2,1-3H3. The zero-order valence-corrected chi connectivity index (χ0v) is 13.1. The highest BCUT2D eigenvalue weighted by Gasteiger charge is 2.02. The van der Waals surface area contributed by atoms with Gasteiger partial charge in [0.05, 0.1) is 0 Å². The van der Waals surface area contributed by atoms with Gasteiger partial charge in [-0.2, -0.15) is 0 Å². The SMILES string of the molecule is Cc1cc(C)cc(CSc2cc(Br)nc(C)n2)c1. The summed E-state index contributed by atoms with van der Waals surface area (Å²) in [5.41, 5.74) is 3.96. The Labute approximate surface area is 120 Å². The number of nitrogens with zero attached hydrogens (tertiary/aromatic N) is 2. The minimum Gasteiger partial charge on any atom is -0.227 e. The van der Waals surface area contributed by atoms with Gasteiger partial charge in [-0.15, -0.1) is 11.8 Å². The molecule has 2 nitrogen and oxygen atoms in total. The van der Waals surface area contributed by atoms with Crippen LogP contribution in [0.4, 0.5) is 0 Å². The maximum Gasteiger partial charge on any atom is 0.127 e. The molecular formula is C14H15BrN2S. The number of aryl methyl sites for hydroxylation is 3. The molecule has 94 valence electrons. The van der Waals surface area contributed by atoms with Crippen LogP contribution in [-0.4, -0.2) is 9.97 Å². The van der Waals surface area contributed by atoms with E-state index in [2.05, 4.69) is 57.9 Å². The highest BCUT2D eigenvalue weighted by atomic mass is 79.9. The minimum absolute atomic E-state index is 0.798. The average molecular weight is 323 g/mol. The zero-order chi connectivity index (χ0) is 13.1. The van der Waals surface area contributed by atoms with Crippen LogP contribution >= 0.6 is 27.7 Å². The Hall–Kier alpha value is -0.870. The van der Waals surface area contributed by atoms with Gasteiger partial charge in [-0.3, -0.25) is 0 Å². The quantitative estimate of drug-likeness (QED) is 0.616. The fraction of sp³-hybridized carbons (Fsp3) is 0.286. The number of hydrogen-bond donors (Lipinski definition) is 0. The van der Waals surface area contributed by atoms with E-state index >= 15 is 0 Å². The molecule has 0 fully saturated rings. The molecule has 1 aromatic heterocycles. The highest BCUT2D eigenvalue weighted by Crippen LogP contribution is 2.24. The summed E-state index contributed by atoms with van der Waals surface area (Å²) in [5.74, 6) is 1.73. The van der Waals surface area contributed by atoms with E-state index in [1.165, 1.54) is 16.7 Å². The third-order valence-electron chi connectivity index (χ3n) is 2.45. The molecule has 0 N–H and O–H groups in total. The number of thioether (sulfide) groups is 1. The molecular weight excluding hydrogens is 308 g/mol. The molecule has 2 aromatic rings. The van der Waals surface area contributed by atoms with Crippen molar-refractivity contribution in [3.63, 3.8) is 0 Å². The Morgan fingerprint density at radius 3 is 2.28 bits per heavy atom. The highest BCUT2D eigenvalue weighted by molar-refractivity contribution is 9.10. The fourth-order valence-corrected chi connectivity index (χ4v) is 3.39. The number of benzene rings is 1. The van der Waals surface area contributed by atoms with Crippen molar-refractivity contribution in [2.24, 2.45) is 0 Å². The van der Waals surface area contributed by atoms with Gasteiger partial charge in [0.25, 0.3) is 0 Å². The van der Waals surface area contributed by atoms with Gasteiger partial charge < -0.3 is 0 Å². The van der Waals surface area contributed by atoms with E-state index in [1.54, 1.807) is 11.8 Å². The van der Waals surface area contributed by atoms with Crippen LogP contribution in [0.15, 0.2) is 33.9 Å². The van der Waals surface area contributed by atoms with Crippen LogP contribution in [-0.2, 0) is 5.75 Å². The number of aromatic nitrogens is 2. The van der Waals surface area contributed by atoms with Gasteiger partial charge in [0, 0.05) is 11.8 Å². The predicted molar refractivity (Wildman–Crippen MR) is 79.9 cm³/mol. The van der Waals surface area contributed by atoms with Gasteiger partial charge in [-0.25, -0.2) is 9.97 Å². The van der Waals surface area contributed by atoms with E-state index in [-0.39, 0.29) is 0 Å². The largest absolute Gasteiger partial charge is 0.227 e. The Kier molecular flexibility index (Phi) is 4.40. The van der Waals surface area contributed by atoms with Crippen molar-refractivity contribution < 1.29 is 0 Å². The molecule has 18 heavy (non-hydrogen) atoms. The van der Waals surface area contributed by atoms with E-state index in [4.69, 9.17) is 0 Å². The summed E-state index contributed by atoms with van der Waals surface area (Å²) in [6.45, 7) is 6.17. The second-order valence-corrected chi connectivity index (χ2v) is 6.17. The molecule has 0 aliphatic heterocycles. The predicted octanol–water partition coefficient (Wildman–Crippen LogP) is 4.46. The molecule has 0 spiro atoms. The van der Waals surface area contributed by atoms with E-state index in [1.807, 2.05) is 13.0 Å². The number of rotatable bonds is 3. The van der Waals surface area contributed by atoms with Gasteiger partial charge in [0.2, 0.25) is 0 Å². The van der Waals surface area contributed by atoms with Crippen molar-refractivity contribution in [3.8, 4) is 0 Å². The summed E-state index contributed by atoms with van der Waals surface area (Å²) in [6, 6.07) is 8.60.